The van der Waals surface area contributed by atoms with Crippen molar-refractivity contribution < 1.29 is 23.2 Å². The average molecular weight is 342 g/mol. The van der Waals surface area contributed by atoms with E-state index < -0.39 is 5.91 Å². The molecule has 0 aliphatic heterocycles. The summed E-state index contributed by atoms with van der Waals surface area (Å²) in [6.45, 7) is 0. The van der Waals surface area contributed by atoms with E-state index in [1.54, 1.807) is 30.3 Å². The van der Waals surface area contributed by atoms with Gasteiger partial charge in [0.15, 0.2) is 23.0 Å². The van der Waals surface area contributed by atoms with Gasteiger partial charge in [-0.2, -0.15) is 0 Å². The van der Waals surface area contributed by atoms with Crippen molar-refractivity contribution in [2.24, 2.45) is 0 Å². The van der Waals surface area contributed by atoms with Crippen LogP contribution < -0.4 is 14.8 Å². The molecule has 3 aromatic rings. The van der Waals surface area contributed by atoms with Gasteiger partial charge >= 0.3 is 0 Å². The van der Waals surface area contributed by atoms with Gasteiger partial charge in [-0.1, -0.05) is 5.16 Å². The SMILES string of the molecule is COc1ccc(NC(=O)c2cc(-c3ccc(F)cc3)on2)cc1OC. The molecule has 0 atom stereocenters. The molecule has 0 saturated heterocycles. The standard InChI is InChI=1S/C18H15FN2O4/c1-23-15-8-7-13(9-17(15)24-2)20-18(22)14-10-16(25-21-14)11-3-5-12(19)6-4-11/h3-10H,1-2H3,(H,20,22). The number of aromatic nitrogens is 1. The first kappa shape index (κ1) is 16.5. The van der Waals surface area contributed by atoms with Gasteiger partial charge in [0.25, 0.3) is 5.91 Å². The maximum absolute atomic E-state index is 13.0. The molecule has 3 rings (SSSR count). The van der Waals surface area contributed by atoms with Gasteiger partial charge in [0, 0.05) is 23.4 Å². The molecule has 0 spiro atoms. The van der Waals surface area contributed by atoms with Crippen LogP contribution in [-0.4, -0.2) is 25.3 Å². The zero-order valence-electron chi connectivity index (χ0n) is 13.6. The molecule has 0 saturated carbocycles. The van der Waals surface area contributed by atoms with Gasteiger partial charge in [-0.05, 0) is 36.4 Å². The Bertz CT molecular complexity index is 890. The van der Waals surface area contributed by atoms with Crippen LogP contribution in [0.5, 0.6) is 11.5 Å². The van der Waals surface area contributed by atoms with E-state index >= 15 is 0 Å². The number of rotatable bonds is 5. The fourth-order valence-electron chi connectivity index (χ4n) is 2.24. The molecule has 0 aliphatic rings. The molecular weight excluding hydrogens is 327 g/mol. The summed E-state index contributed by atoms with van der Waals surface area (Å²) in [7, 11) is 3.04. The summed E-state index contributed by atoms with van der Waals surface area (Å²) in [5, 5.41) is 6.45. The number of amides is 1. The Kier molecular flexibility index (Phi) is 4.65. The molecule has 0 bridgehead atoms. The maximum atomic E-state index is 13.0. The van der Waals surface area contributed by atoms with Crippen molar-refractivity contribution in [3.8, 4) is 22.8 Å². The smallest absolute Gasteiger partial charge is 0.277 e. The summed E-state index contributed by atoms with van der Waals surface area (Å²) in [6.07, 6.45) is 0. The summed E-state index contributed by atoms with van der Waals surface area (Å²) in [5.74, 6) is 0.629. The van der Waals surface area contributed by atoms with Crippen molar-refractivity contribution in [1.29, 1.82) is 0 Å². The highest BCUT2D eigenvalue weighted by Crippen LogP contribution is 2.30. The molecule has 25 heavy (non-hydrogen) atoms. The monoisotopic (exact) mass is 342 g/mol. The molecule has 0 aliphatic carbocycles. The molecule has 0 fully saturated rings. The number of carbonyl (C=O) groups is 1. The van der Waals surface area contributed by atoms with Crippen molar-refractivity contribution in [2.75, 3.05) is 19.5 Å². The molecule has 1 amide bonds. The largest absolute Gasteiger partial charge is 0.493 e. The molecule has 1 N–H and O–H groups in total. The number of nitrogens with one attached hydrogen (secondary N) is 1. The number of benzene rings is 2. The topological polar surface area (TPSA) is 73.6 Å². The van der Waals surface area contributed by atoms with E-state index in [2.05, 4.69) is 10.5 Å². The third-order valence-electron chi connectivity index (χ3n) is 3.51. The Morgan fingerprint density at radius 2 is 1.76 bits per heavy atom. The lowest BCUT2D eigenvalue weighted by molar-refractivity contribution is 0.101. The lowest BCUT2D eigenvalue weighted by Gasteiger charge is -2.09. The van der Waals surface area contributed by atoms with Crippen LogP contribution >= 0.6 is 0 Å². The van der Waals surface area contributed by atoms with Crippen molar-refractivity contribution in [3.63, 3.8) is 0 Å². The number of ether oxygens (including phenoxy) is 2. The fourth-order valence-corrected chi connectivity index (χ4v) is 2.24. The maximum Gasteiger partial charge on any atom is 0.277 e. The number of hydrogen-bond donors (Lipinski definition) is 1. The van der Waals surface area contributed by atoms with Gasteiger partial charge in [0.2, 0.25) is 0 Å². The average Bonchev–Trinajstić information content (AvgIpc) is 3.12. The summed E-state index contributed by atoms with van der Waals surface area (Å²) < 4.78 is 28.5. The van der Waals surface area contributed by atoms with E-state index in [1.165, 1.54) is 32.4 Å². The summed E-state index contributed by atoms with van der Waals surface area (Å²) in [5.41, 5.74) is 1.25. The number of hydrogen-bond acceptors (Lipinski definition) is 5. The number of nitrogens with zero attached hydrogens (tertiary/aromatic N) is 1. The quantitative estimate of drug-likeness (QED) is 0.764. The van der Waals surface area contributed by atoms with E-state index in [1.807, 2.05) is 0 Å². The molecule has 6 nitrogen and oxygen atoms in total. The molecule has 0 unspecified atom stereocenters. The van der Waals surface area contributed by atoms with Gasteiger partial charge in [-0.3, -0.25) is 4.79 Å². The highest BCUT2D eigenvalue weighted by Gasteiger charge is 2.15. The molecule has 7 heteroatoms. The van der Waals surface area contributed by atoms with E-state index in [0.717, 1.165) is 0 Å². The molecule has 2 aromatic carbocycles. The molecule has 128 valence electrons. The first-order valence-electron chi connectivity index (χ1n) is 7.36. The normalized spacial score (nSPS) is 10.4. The van der Waals surface area contributed by atoms with E-state index in [4.69, 9.17) is 14.0 Å². The van der Waals surface area contributed by atoms with Crippen LogP contribution in [0.3, 0.4) is 0 Å². The molecular formula is C18H15FN2O4. The van der Waals surface area contributed by atoms with Gasteiger partial charge < -0.3 is 19.3 Å². The highest BCUT2D eigenvalue weighted by atomic mass is 19.1. The van der Waals surface area contributed by atoms with E-state index in [0.29, 0.717) is 28.5 Å². The van der Waals surface area contributed by atoms with Crippen LogP contribution in [0, 0.1) is 5.82 Å². The Balaban J connectivity index is 1.77. The second-order valence-corrected chi connectivity index (χ2v) is 5.11. The second kappa shape index (κ2) is 7.04. The third-order valence-corrected chi connectivity index (χ3v) is 3.51. The van der Waals surface area contributed by atoms with Crippen LogP contribution in [0.2, 0.25) is 0 Å². The predicted molar refractivity (Wildman–Crippen MR) is 89.4 cm³/mol. The van der Waals surface area contributed by atoms with E-state index in [-0.39, 0.29) is 11.5 Å². The Morgan fingerprint density at radius 3 is 2.44 bits per heavy atom. The highest BCUT2D eigenvalue weighted by molar-refractivity contribution is 6.03. The number of anilines is 1. The van der Waals surface area contributed by atoms with Crippen molar-refractivity contribution in [1.82, 2.24) is 5.16 Å². The van der Waals surface area contributed by atoms with Gasteiger partial charge in [0.1, 0.15) is 5.82 Å². The van der Waals surface area contributed by atoms with Crippen molar-refractivity contribution >= 4 is 11.6 Å². The van der Waals surface area contributed by atoms with Crippen molar-refractivity contribution in [2.45, 2.75) is 0 Å². The van der Waals surface area contributed by atoms with Gasteiger partial charge in [-0.15, -0.1) is 0 Å². The Labute approximate surface area is 143 Å². The second-order valence-electron chi connectivity index (χ2n) is 5.11. The first-order valence-corrected chi connectivity index (χ1v) is 7.36. The minimum Gasteiger partial charge on any atom is -0.493 e. The minimum absolute atomic E-state index is 0.106. The van der Waals surface area contributed by atoms with Crippen LogP contribution in [0.15, 0.2) is 53.1 Å². The predicted octanol–water partition coefficient (Wildman–Crippen LogP) is 3.75. The molecule has 1 aromatic heterocycles. The Hall–Kier alpha value is -3.35. The first-order chi connectivity index (χ1) is 12.1. The minimum atomic E-state index is -0.440. The zero-order valence-corrected chi connectivity index (χ0v) is 13.6. The van der Waals surface area contributed by atoms with Gasteiger partial charge in [-0.25, -0.2) is 4.39 Å². The van der Waals surface area contributed by atoms with Crippen molar-refractivity contribution in [3.05, 3.63) is 60.0 Å². The van der Waals surface area contributed by atoms with Crippen LogP contribution in [0.25, 0.3) is 11.3 Å². The third kappa shape index (κ3) is 3.60. The van der Waals surface area contributed by atoms with E-state index in [9.17, 15) is 9.18 Å². The number of carbonyl (C=O) groups excluding carboxylic acids is 1. The fraction of sp³-hybridized carbons (Fsp3) is 0.111. The summed E-state index contributed by atoms with van der Waals surface area (Å²) >= 11 is 0. The van der Waals surface area contributed by atoms with Gasteiger partial charge in [0.05, 0.1) is 14.2 Å². The zero-order chi connectivity index (χ0) is 17.8. The van der Waals surface area contributed by atoms with Crippen LogP contribution in [0.4, 0.5) is 10.1 Å². The molecule has 0 radical (unpaired) electrons. The van der Waals surface area contributed by atoms with Crippen LogP contribution in [0.1, 0.15) is 10.5 Å². The lowest BCUT2D eigenvalue weighted by atomic mass is 10.1. The number of halogens is 1. The summed E-state index contributed by atoms with van der Waals surface area (Å²) in [6, 6.07) is 12.2. The molecule has 1 heterocycles. The lowest BCUT2D eigenvalue weighted by Crippen LogP contribution is -2.12. The summed E-state index contributed by atoms with van der Waals surface area (Å²) in [4.78, 5) is 12.3. The number of methoxy groups -OCH3 is 2. The van der Waals surface area contributed by atoms with Crippen LogP contribution in [-0.2, 0) is 0 Å². The Morgan fingerprint density at radius 1 is 1.04 bits per heavy atom.